The van der Waals surface area contributed by atoms with E-state index < -0.39 is 79.4 Å². The molecular weight excluding hydrogens is 1060 g/mol. The van der Waals surface area contributed by atoms with Gasteiger partial charge in [0, 0.05) is 87.1 Å². The molecule has 0 aromatic carbocycles. The van der Waals surface area contributed by atoms with E-state index in [-0.39, 0.29) is 56.8 Å². The Kier molecular flexibility index (Phi) is 25.1. The van der Waals surface area contributed by atoms with Gasteiger partial charge in [-0.3, -0.25) is 33.0 Å². The Morgan fingerprint density at radius 1 is 0.840 bits per heavy atom. The van der Waals surface area contributed by atoms with Crippen molar-refractivity contribution in [1.29, 1.82) is 0 Å². The lowest BCUT2D eigenvalue weighted by atomic mass is 9.88. The van der Waals surface area contributed by atoms with Gasteiger partial charge in [-0.15, -0.1) is 0 Å². The number of nitrogens with zero attached hydrogens (tertiary/aromatic N) is 4. The highest BCUT2D eigenvalue weighted by atomic mass is 33.1. The van der Waals surface area contributed by atoms with Crippen LogP contribution in [-0.2, 0) is 56.0 Å². The standard InChI is InChI=1S/C47H73BF2N9O12PS3/c1-6-15-34-29-36(17-14-27-59(3,4)5)57-40(34)31-41-35(16-7-2)30-37(58(41)48(57,49)50)21-22-44(62)56-39(33-75(68,69)70)47(64)54-25-12-9-19-43(61)55-38(32-71-72(65,66)67)46(63)53-24-11-8-18-42(60)51-26-28-73-74-45-20-10-13-23-52-45/h10,13,20,23,29-31,38-39H,6-9,11-12,14-19,21-22,24-28,32-33H2,1-5H3,(H7-,51,53,54,55,56,60,61,62,63,64,65,66,67,68,69,70)/p+1. The summed E-state index contributed by atoms with van der Waals surface area (Å²) >= 11 is 0. The third-order valence-electron chi connectivity index (χ3n) is 11.9. The maximum absolute atomic E-state index is 17.1. The Morgan fingerprint density at radius 3 is 2.09 bits per heavy atom. The summed E-state index contributed by atoms with van der Waals surface area (Å²) in [7, 11) is -0.657. The second-order valence-electron chi connectivity index (χ2n) is 19.4. The molecule has 2 aromatic heterocycles. The predicted molar refractivity (Wildman–Crippen MR) is 286 cm³/mol. The fourth-order valence-electron chi connectivity index (χ4n) is 8.50. The van der Waals surface area contributed by atoms with Gasteiger partial charge < -0.3 is 58.4 Å². The topological polar surface area (TPSA) is 287 Å². The first-order valence-corrected chi connectivity index (χ1v) is 30.7. The van der Waals surface area contributed by atoms with Crippen LogP contribution in [0.5, 0.6) is 0 Å². The number of aryl methyl sites for hydroxylation is 2. The molecule has 75 heavy (non-hydrogen) atoms. The van der Waals surface area contributed by atoms with E-state index in [1.165, 1.54) is 10.8 Å². The number of quaternary nitrogens is 1. The van der Waals surface area contributed by atoms with E-state index in [0.717, 1.165) is 32.5 Å². The minimum atomic E-state index is -5.03. The van der Waals surface area contributed by atoms with Gasteiger partial charge in [0.05, 0.1) is 34.3 Å². The molecule has 0 saturated carbocycles. The van der Waals surface area contributed by atoms with Gasteiger partial charge in [-0.05, 0) is 85.2 Å². The first-order valence-electron chi connectivity index (χ1n) is 25.2. The molecule has 28 heteroatoms. The van der Waals surface area contributed by atoms with E-state index >= 15 is 8.63 Å². The number of phosphoric ester groups is 1. The lowest BCUT2D eigenvalue weighted by molar-refractivity contribution is -0.870. The van der Waals surface area contributed by atoms with Gasteiger partial charge in [-0.25, -0.2) is 9.55 Å². The average Bonchev–Trinajstić information content (AvgIpc) is 3.86. The van der Waals surface area contributed by atoms with Gasteiger partial charge in [-0.1, -0.05) is 43.5 Å². The fraction of sp³-hybridized carbons (Fsp3) is 0.596. The second-order valence-corrected chi connectivity index (χ2v) is 24.5. The number of fused-ring (bicyclic) bond motifs is 2. The molecule has 0 saturated heterocycles. The van der Waals surface area contributed by atoms with Crippen LogP contribution in [0.1, 0.15) is 108 Å². The van der Waals surface area contributed by atoms with Crippen molar-refractivity contribution >= 4 is 87.8 Å². The molecule has 4 heterocycles. The van der Waals surface area contributed by atoms with Crippen LogP contribution in [0.2, 0.25) is 0 Å². The van der Waals surface area contributed by atoms with E-state index in [9.17, 15) is 51.3 Å². The maximum Gasteiger partial charge on any atom is 0.737 e. The monoisotopic (exact) mass is 1130 g/mol. The van der Waals surface area contributed by atoms with Crippen molar-refractivity contribution in [3.63, 3.8) is 0 Å². The number of carbonyl (C=O) groups is 5. The molecule has 2 atom stereocenters. The third kappa shape index (κ3) is 21.8. The number of rotatable bonds is 35. The molecule has 2 unspecified atom stereocenters. The number of nitrogens with one attached hydrogen (secondary N) is 5. The van der Waals surface area contributed by atoms with Crippen molar-refractivity contribution in [3.8, 4) is 0 Å². The number of unbranched alkanes of at least 4 members (excludes halogenated alkanes) is 2. The quantitative estimate of drug-likeness (QED) is 0.0120. The minimum Gasteiger partial charge on any atom is -0.394 e. The maximum atomic E-state index is 17.1. The van der Waals surface area contributed by atoms with Crippen LogP contribution in [0, 0.1) is 0 Å². The number of amides is 5. The molecule has 2 aliphatic rings. The van der Waals surface area contributed by atoms with Crippen molar-refractivity contribution in [1.82, 2.24) is 36.0 Å². The van der Waals surface area contributed by atoms with Crippen molar-refractivity contribution in [2.75, 3.05) is 65.4 Å². The number of allylic oxidation sites excluding steroid dienone is 2. The van der Waals surface area contributed by atoms with E-state index in [4.69, 9.17) is 0 Å². The molecule has 2 aromatic rings. The molecule has 2 aliphatic heterocycles. The van der Waals surface area contributed by atoms with E-state index in [1.54, 1.807) is 23.1 Å². The van der Waals surface area contributed by atoms with Crippen molar-refractivity contribution in [2.24, 2.45) is 0 Å². The molecule has 8 N–H and O–H groups in total. The second kappa shape index (κ2) is 29.9. The highest BCUT2D eigenvalue weighted by Crippen LogP contribution is 2.40. The van der Waals surface area contributed by atoms with E-state index in [1.807, 2.05) is 65.3 Å². The largest absolute Gasteiger partial charge is 0.737 e. The lowest BCUT2D eigenvalue weighted by Crippen LogP contribution is -2.52. The summed E-state index contributed by atoms with van der Waals surface area (Å²) in [6.07, 6.45) is 9.37. The highest BCUT2D eigenvalue weighted by molar-refractivity contribution is 8.76. The summed E-state index contributed by atoms with van der Waals surface area (Å²) in [4.78, 5) is 87.2. The van der Waals surface area contributed by atoms with Gasteiger partial charge in [-0.2, -0.15) is 8.42 Å². The Bertz CT molecular complexity index is 2560. The summed E-state index contributed by atoms with van der Waals surface area (Å²) < 4.78 is 86.5. The van der Waals surface area contributed by atoms with Crippen molar-refractivity contribution in [3.05, 3.63) is 64.8 Å². The molecule has 4 rings (SSSR count). The Labute approximate surface area is 446 Å². The smallest absolute Gasteiger partial charge is 0.394 e. The zero-order valence-electron chi connectivity index (χ0n) is 43.4. The van der Waals surface area contributed by atoms with Crippen LogP contribution in [0.15, 0.2) is 52.8 Å². The minimum absolute atomic E-state index is 0.0884. The van der Waals surface area contributed by atoms with Crippen LogP contribution >= 0.6 is 29.4 Å². The number of carbonyl (C=O) groups excluding carboxylic acids is 5. The Hall–Kier alpha value is -4.47. The summed E-state index contributed by atoms with van der Waals surface area (Å²) in [5.74, 6) is -3.98. The average molecular weight is 1130 g/mol. The van der Waals surface area contributed by atoms with Crippen LogP contribution in [0.3, 0.4) is 0 Å². The summed E-state index contributed by atoms with van der Waals surface area (Å²) in [6, 6.07) is 4.22. The summed E-state index contributed by atoms with van der Waals surface area (Å²) in [5, 5.41) is 13.4. The number of aromatic nitrogens is 2. The molecular formula is C47H74BF2N9O12PS3+. The number of pyridine rings is 1. The molecule has 418 valence electrons. The molecule has 0 bridgehead atoms. The Morgan fingerprint density at radius 2 is 1.48 bits per heavy atom. The van der Waals surface area contributed by atoms with Gasteiger partial charge in [0.25, 0.3) is 10.1 Å². The third-order valence-corrected chi connectivity index (χ3v) is 15.4. The van der Waals surface area contributed by atoms with E-state index in [2.05, 4.69) is 36.1 Å². The molecule has 0 fully saturated rings. The molecule has 5 amide bonds. The molecule has 21 nitrogen and oxygen atoms in total. The normalized spacial score (nSPS) is 15.0. The SMILES string of the molecule is CCCC1=CC(CCC(=O)NC(CS(=O)(=O)O)C(=O)NCCCCC(=O)NC(COP(=O)(O)O)C(=O)NCCCCC(=O)NCCSSc2ccccn2)=[N+]2C1=Cc1c(CCC)cc(CCC[N+](C)(C)C)n1[B-]2(F)F. The van der Waals surface area contributed by atoms with Crippen molar-refractivity contribution in [2.45, 2.75) is 121 Å². The first-order chi connectivity index (χ1) is 35.3. The highest BCUT2D eigenvalue weighted by Gasteiger charge is 2.54. The molecule has 0 aliphatic carbocycles. The Balaban J connectivity index is 1.27. The van der Waals surface area contributed by atoms with Gasteiger partial charge in [0.1, 0.15) is 28.6 Å². The molecule has 0 spiro atoms. The van der Waals surface area contributed by atoms with Crippen molar-refractivity contribution < 1.29 is 73.4 Å². The van der Waals surface area contributed by atoms with Gasteiger partial charge in [0.2, 0.25) is 29.5 Å². The van der Waals surface area contributed by atoms with Gasteiger partial charge in [0.15, 0.2) is 5.70 Å². The molecule has 0 radical (unpaired) electrons. The zero-order chi connectivity index (χ0) is 55.4. The predicted octanol–water partition coefficient (Wildman–Crippen LogP) is 4.12. The van der Waals surface area contributed by atoms with E-state index in [0.29, 0.717) is 84.4 Å². The van der Waals surface area contributed by atoms with Crippen LogP contribution in [0.4, 0.5) is 8.63 Å². The number of halogens is 2. The zero-order valence-corrected chi connectivity index (χ0v) is 46.7. The van der Waals surface area contributed by atoms with Crippen LogP contribution in [-0.4, -0.2) is 161 Å². The summed E-state index contributed by atoms with van der Waals surface area (Å²) in [5.41, 5.74) is 3.15. The first kappa shape index (κ1) is 63.1. The fourth-order valence-corrected chi connectivity index (χ4v) is 11.3. The number of phosphoric acid groups is 1. The lowest BCUT2D eigenvalue weighted by Gasteiger charge is -2.32. The summed E-state index contributed by atoms with van der Waals surface area (Å²) in [6.45, 7) is -0.107. The van der Waals surface area contributed by atoms with Crippen LogP contribution < -0.4 is 26.6 Å². The number of hydrogen-bond acceptors (Lipinski definition) is 12. The van der Waals surface area contributed by atoms with Crippen LogP contribution in [0.25, 0.3) is 6.08 Å². The number of hydrogen-bond donors (Lipinski definition) is 8. The van der Waals surface area contributed by atoms with Gasteiger partial charge >= 0.3 is 14.8 Å².